The van der Waals surface area contributed by atoms with E-state index in [1.54, 1.807) is 6.07 Å². The molecule has 2 rings (SSSR count). The van der Waals surface area contributed by atoms with Crippen molar-refractivity contribution < 1.29 is 13.9 Å². The summed E-state index contributed by atoms with van der Waals surface area (Å²) in [6.45, 7) is 0.703. The van der Waals surface area contributed by atoms with Crippen molar-refractivity contribution in [3.05, 3.63) is 29.8 Å². The number of rotatable bonds is 7. The highest BCUT2D eigenvalue weighted by atomic mass is 35.5. The number of amides is 1. The zero-order valence-corrected chi connectivity index (χ0v) is 11.6. The number of primary amides is 1. The van der Waals surface area contributed by atoms with Crippen LogP contribution in [-0.2, 0) is 22.5 Å². The first-order chi connectivity index (χ1) is 9.61. The maximum atomic E-state index is 13.2. The monoisotopic (exact) mass is 299 g/mol. The zero-order valence-electron chi connectivity index (χ0n) is 10.8. The minimum absolute atomic E-state index is 0.119. The topological polar surface area (TPSA) is 70.1 Å². The van der Waals surface area contributed by atoms with E-state index in [-0.39, 0.29) is 12.4 Å². The highest BCUT2D eigenvalue weighted by molar-refractivity contribution is 6.17. The smallest absolute Gasteiger partial charge is 0.243 e. The number of aryl methyl sites for hydroxylation is 1. The highest BCUT2D eigenvalue weighted by Crippen LogP contribution is 2.18. The van der Waals surface area contributed by atoms with E-state index in [0.717, 1.165) is 11.3 Å². The highest BCUT2D eigenvalue weighted by Gasteiger charge is 2.11. The van der Waals surface area contributed by atoms with Gasteiger partial charge in [0.25, 0.3) is 0 Å². The second kappa shape index (κ2) is 6.67. The SMILES string of the molecule is NC(=O)COCCn1c(CCCl)nc2cc(F)ccc21. The van der Waals surface area contributed by atoms with Gasteiger partial charge in [-0.2, -0.15) is 0 Å². The molecule has 20 heavy (non-hydrogen) atoms. The Morgan fingerprint density at radius 2 is 2.30 bits per heavy atom. The average molecular weight is 300 g/mol. The lowest BCUT2D eigenvalue weighted by Gasteiger charge is -2.08. The Balaban J connectivity index is 2.19. The number of hydrogen-bond donors (Lipinski definition) is 1. The first-order valence-electron chi connectivity index (χ1n) is 6.18. The predicted molar refractivity (Wildman–Crippen MR) is 74.1 cm³/mol. The van der Waals surface area contributed by atoms with Gasteiger partial charge in [-0.05, 0) is 12.1 Å². The lowest BCUT2D eigenvalue weighted by Crippen LogP contribution is -2.20. The number of nitrogens with two attached hydrogens (primary N) is 1. The van der Waals surface area contributed by atoms with Crippen molar-refractivity contribution in [3.8, 4) is 0 Å². The lowest BCUT2D eigenvalue weighted by molar-refractivity contribution is -0.122. The summed E-state index contributed by atoms with van der Waals surface area (Å²) in [5.41, 5.74) is 6.39. The Morgan fingerprint density at radius 3 is 3.00 bits per heavy atom. The second-order valence-electron chi connectivity index (χ2n) is 4.27. The summed E-state index contributed by atoms with van der Waals surface area (Å²) in [6, 6.07) is 4.44. The molecule has 0 saturated carbocycles. The molecule has 0 radical (unpaired) electrons. The molecule has 108 valence electrons. The van der Waals surface area contributed by atoms with Crippen LogP contribution < -0.4 is 5.73 Å². The molecule has 0 aliphatic rings. The van der Waals surface area contributed by atoms with Crippen LogP contribution in [0.1, 0.15) is 5.82 Å². The van der Waals surface area contributed by atoms with Crippen LogP contribution in [0.5, 0.6) is 0 Å². The van der Waals surface area contributed by atoms with Crippen LogP contribution in [0.25, 0.3) is 11.0 Å². The number of halogens is 2. The number of carbonyl (C=O) groups excluding carboxylic acids is 1. The summed E-state index contributed by atoms with van der Waals surface area (Å²) in [5.74, 6) is 0.352. The maximum Gasteiger partial charge on any atom is 0.243 e. The van der Waals surface area contributed by atoms with Gasteiger partial charge in [0.05, 0.1) is 17.6 Å². The number of hydrogen-bond acceptors (Lipinski definition) is 3. The van der Waals surface area contributed by atoms with Crippen LogP contribution in [-0.4, -0.2) is 34.6 Å². The molecule has 2 aromatic rings. The molecule has 0 spiro atoms. The molecule has 0 unspecified atom stereocenters. The lowest BCUT2D eigenvalue weighted by atomic mass is 10.3. The van der Waals surface area contributed by atoms with Gasteiger partial charge in [0.15, 0.2) is 0 Å². The molecule has 1 heterocycles. The number of benzene rings is 1. The normalized spacial score (nSPS) is 11.1. The van der Waals surface area contributed by atoms with Crippen molar-refractivity contribution >= 4 is 28.5 Å². The quantitative estimate of drug-likeness (QED) is 0.621. The molecule has 2 N–H and O–H groups in total. The van der Waals surface area contributed by atoms with E-state index in [9.17, 15) is 9.18 Å². The fraction of sp³-hybridized carbons (Fsp3) is 0.385. The third-order valence-corrected chi connectivity index (χ3v) is 3.00. The van der Waals surface area contributed by atoms with Crippen molar-refractivity contribution in [1.82, 2.24) is 9.55 Å². The average Bonchev–Trinajstić information content (AvgIpc) is 2.72. The Hall–Kier alpha value is -1.66. The van der Waals surface area contributed by atoms with Crippen molar-refractivity contribution in [3.63, 3.8) is 0 Å². The van der Waals surface area contributed by atoms with Gasteiger partial charge in [0.1, 0.15) is 18.2 Å². The van der Waals surface area contributed by atoms with Gasteiger partial charge in [0, 0.05) is 24.9 Å². The number of alkyl halides is 1. The van der Waals surface area contributed by atoms with Crippen LogP contribution in [0.4, 0.5) is 4.39 Å². The number of carbonyl (C=O) groups is 1. The molecule has 1 amide bonds. The first kappa shape index (κ1) is 14.7. The van der Waals surface area contributed by atoms with Gasteiger partial charge in [-0.1, -0.05) is 0 Å². The zero-order chi connectivity index (χ0) is 14.5. The van der Waals surface area contributed by atoms with Crippen molar-refractivity contribution in [2.24, 2.45) is 5.73 Å². The van der Waals surface area contributed by atoms with E-state index in [2.05, 4.69) is 4.98 Å². The summed E-state index contributed by atoms with van der Waals surface area (Å²) in [7, 11) is 0. The Kier molecular flexibility index (Phi) is 4.92. The molecule has 7 heteroatoms. The molecular weight excluding hydrogens is 285 g/mol. The van der Waals surface area contributed by atoms with E-state index in [1.807, 2.05) is 4.57 Å². The third-order valence-electron chi connectivity index (χ3n) is 2.81. The van der Waals surface area contributed by atoms with Crippen molar-refractivity contribution in [2.75, 3.05) is 19.1 Å². The number of aromatic nitrogens is 2. The molecule has 0 bridgehead atoms. The predicted octanol–water partition coefficient (Wildman–Crippen LogP) is 1.46. The molecule has 0 saturated heterocycles. The molecular formula is C13H15ClFN3O2. The van der Waals surface area contributed by atoms with Crippen molar-refractivity contribution in [1.29, 1.82) is 0 Å². The van der Waals surface area contributed by atoms with Gasteiger partial charge in [-0.25, -0.2) is 9.37 Å². The number of imidazole rings is 1. The second-order valence-corrected chi connectivity index (χ2v) is 4.65. The van der Waals surface area contributed by atoms with E-state index >= 15 is 0 Å². The summed E-state index contributed by atoms with van der Waals surface area (Å²) < 4.78 is 20.3. The van der Waals surface area contributed by atoms with Gasteiger partial charge in [-0.3, -0.25) is 4.79 Å². The molecule has 0 aliphatic heterocycles. The maximum absolute atomic E-state index is 13.2. The molecule has 0 aliphatic carbocycles. The molecule has 1 aromatic heterocycles. The fourth-order valence-corrected chi connectivity index (χ4v) is 2.18. The summed E-state index contributed by atoms with van der Waals surface area (Å²) in [4.78, 5) is 15.0. The summed E-state index contributed by atoms with van der Waals surface area (Å²) >= 11 is 5.75. The molecule has 1 aromatic carbocycles. The Labute approximate surface area is 120 Å². The minimum Gasteiger partial charge on any atom is -0.370 e. The van der Waals surface area contributed by atoms with Gasteiger partial charge < -0.3 is 15.0 Å². The largest absolute Gasteiger partial charge is 0.370 e. The minimum atomic E-state index is -0.511. The molecule has 5 nitrogen and oxygen atoms in total. The number of fused-ring (bicyclic) bond motifs is 1. The van der Waals surface area contributed by atoms with Crippen LogP contribution >= 0.6 is 11.6 Å². The van der Waals surface area contributed by atoms with E-state index < -0.39 is 5.91 Å². The number of nitrogens with zero attached hydrogens (tertiary/aromatic N) is 2. The van der Waals surface area contributed by atoms with E-state index in [4.69, 9.17) is 22.1 Å². The standard InChI is InChI=1S/C13H15ClFN3O2/c14-4-3-13-17-10-7-9(15)1-2-11(10)18(13)5-6-20-8-12(16)19/h1-2,7H,3-6,8H2,(H2,16,19). The summed E-state index contributed by atoms with van der Waals surface area (Å²) in [5, 5.41) is 0. The van der Waals surface area contributed by atoms with Crippen LogP contribution in [0.3, 0.4) is 0 Å². The molecule has 0 atom stereocenters. The van der Waals surface area contributed by atoms with E-state index in [0.29, 0.717) is 31.0 Å². The molecule has 0 fully saturated rings. The Morgan fingerprint density at radius 1 is 1.50 bits per heavy atom. The Bertz CT molecular complexity index is 615. The van der Waals surface area contributed by atoms with Gasteiger partial charge in [0.2, 0.25) is 5.91 Å². The van der Waals surface area contributed by atoms with Crippen LogP contribution in [0.2, 0.25) is 0 Å². The van der Waals surface area contributed by atoms with Crippen LogP contribution in [0.15, 0.2) is 18.2 Å². The third kappa shape index (κ3) is 3.46. The fourth-order valence-electron chi connectivity index (χ4n) is 2.01. The van der Waals surface area contributed by atoms with Crippen LogP contribution in [0, 0.1) is 5.82 Å². The van der Waals surface area contributed by atoms with Gasteiger partial charge >= 0.3 is 0 Å². The van der Waals surface area contributed by atoms with E-state index in [1.165, 1.54) is 12.1 Å². The van der Waals surface area contributed by atoms with Gasteiger partial charge in [-0.15, -0.1) is 11.6 Å². The first-order valence-corrected chi connectivity index (χ1v) is 6.72. The summed E-state index contributed by atoms with van der Waals surface area (Å²) in [6.07, 6.45) is 0.577. The number of ether oxygens (including phenoxy) is 1. The van der Waals surface area contributed by atoms with Crippen molar-refractivity contribution in [2.45, 2.75) is 13.0 Å².